The summed E-state index contributed by atoms with van der Waals surface area (Å²) in [6, 6.07) is 13.9. The molecule has 1 fully saturated rings. The van der Waals surface area contributed by atoms with Gasteiger partial charge in [-0.05, 0) is 35.9 Å². The highest BCUT2D eigenvalue weighted by molar-refractivity contribution is 6.00. The average Bonchev–Trinajstić information content (AvgIpc) is 2.98. The van der Waals surface area contributed by atoms with Gasteiger partial charge in [0.05, 0.1) is 0 Å². The third kappa shape index (κ3) is 3.14. The molecule has 0 aromatic heterocycles. The maximum absolute atomic E-state index is 13.0. The van der Waals surface area contributed by atoms with Crippen molar-refractivity contribution in [1.82, 2.24) is 9.80 Å². The molecule has 2 amide bonds. The highest BCUT2D eigenvalue weighted by Crippen LogP contribution is 2.22. The quantitative estimate of drug-likeness (QED) is 0.849. The summed E-state index contributed by atoms with van der Waals surface area (Å²) in [7, 11) is 0. The normalized spacial score (nSPS) is 16.8. The number of carbonyl (C=O) groups is 2. The van der Waals surface area contributed by atoms with Crippen molar-refractivity contribution in [2.75, 3.05) is 37.6 Å². The van der Waals surface area contributed by atoms with Crippen molar-refractivity contribution in [3.63, 3.8) is 0 Å². The number of piperazine rings is 1. The van der Waals surface area contributed by atoms with E-state index < -0.39 is 0 Å². The van der Waals surface area contributed by atoms with E-state index in [-0.39, 0.29) is 24.2 Å². The molecule has 5 nitrogen and oxygen atoms in total. The second kappa shape index (κ2) is 6.78. The van der Waals surface area contributed by atoms with Gasteiger partial charge in [0, 0.05) is 44.0 Å². The zero-order chi connectivity index (χ0) is 18.1. The van der Waals surface area contributed by atoms with Gasteiger partial charge in [-0.3, -0.25) is 9.59 Å². The monoisotopic (exact) mass is 353 g/mol. The third-order valence-corrected chi connectivity index (χ3v) is 5.05. The number of anilines is 1. The number of halogens is 1. The Kier molecular flexibility index (Phi) is 4.32. The summed E-state index contributed by atoms with van der Waals surface area (Å²) in [6.07, 6.45) is 0. The van der Waals surface area contributed by atoms with Crippen molar-refractivity contribution in [1.29, 1.82) is 0 Å². The Hall–Kier alpha value is -2.89. The van der Waals surface area contributed by atoms with Crippen LogP contribution in [0.5, 0.6) is 0 Å². The van der Waals surface area contributed by atoms with Crippen LogP contribution in [0.15, 0.2) is 48.5 Å². The number of amides is 2. The van der Waals surface area contributed by atoms with Crippen LogP contribution in [0.2, 0.25) is 0 Å². The zero-order valence-electron chi connectivity index (χ0n) is 14.4. The summed E-state index contributed by atoms with van der Waals surface area (Å²) in [5.41, 5.74) is 2.64. The predicted molar refractivity (Wildman–Crippen MR) is 96.4 cm³/mol. The van der Waals surface area contributed by atoms with E-state index >= 15 is 0 Å². The van der Waals surface area contributed by atoms with Crippen LogP contribution < -0.4 is 4.90 Å². The number of fused-ring (bicyclic) bond motifs is 1. The van der Waals surface area contributed by atoms with Crippen molar-refractivity contribution < 1.29 is 14.0 Å². The summed E-state index contributed by atoms with van der Waals surface area (Å²) in [5.74, 6) is -0.345. The molecule has 2 heterocycles. The minimum absolute atomic E-state index is 0.0232. The molecule has 2 aliphatic rings. The van der Waals surface area contributed by atoms with E-state index in [0.29, 0.717) is 38.3 Å². The number of rotatable bonds is 3. The van der Waals surface area contributed by atoms with Gasteiger partial charge in [0.1, 0.15) is 12.4 Å². The third-order valence-electron chi connectivity index (χ3n) is 5.05. The Bertz CT molecular complexity index is 829. The molecular weight excluding hydrogens is 333 g/mol. The first-order valence-electron chi connectivity index (χ1n) is 8.77. The van der Waals surface area contributed by atoms with Gasteiger partial charge >= 0.3 is 0 Å². The Morgan fingerprint density at radius 3 is 2.35 bits per heavy atom. The van der Waals surface area contributed by atoms with E-state index in [9.17, 15) is 14.0 Å². The van der Waals surface area contributed by atoms with Gasteiger partial charge < -0.3 is 14.7 Å². The summed E-state index contributed by atoms with van der Waals surface area (Å²) in [4.78, 5) is 30.5. The molecule has 2 aromatic rings. The first-order valence-corrected chi connectivity index (χ1v) is 8.77. The fourth-order valence-corrected chi connectivity index (χ4v) is 3.57. The van der Waals surface area contributed by atoms with Crippen molar-refractivity contribution in [2.45, 2.75) is 6.54 Å². The molecule has 0 atom stereocenters. The minimum Gasteiger partial charge on any atom is -0.368 e. The van der Waals surface area contributed by atoms with Crippen LogP contribution in [-0.4, -0.2) is 54.3 Å². The van der Waals surface area contributed by atoms with Crippen LogP contribution >= 0.6 is 0 Å². The maximum Gasteiger partial charge on any atom is 0.254 e. The Labute approximate surface area is 151 Å². The predicted octanol–water partition coefficient (Wildman–Crippen LogP) is 2.13. The molecule has 0 N–H and O–H groups in total. The van der Waals surface area contributed by atoms with Gasteiger partial charge in [0.25, 0.3) is 5.91 Å². The van der Waals surface area contributed by atoms with Gasteiger partial charge in [-0.15, -0.1) is 0 Å². The SMILES string of the molecule is O=C(CN1Cc2ccccc2C1=O)N1CCN(c2ccc(F)cc2)CC1. The number of hydrogen-bond acceptors (Lipinski definition) is 3. The van der Waals surface area contributed by atoms with Crippen LogP contribution in [0.25, 0.3) is 0 Å². The maximum atomic E-state index is 13.0. The lowest BCUT2D eigenvalue weighted by atomic mass is 10.1. The fourth-order valence-electron chi connectivity index (χ4n) is 3.57. The fraction of sp³-hybridized carbons (Fsp3) is 0.300. The summed E-state index contributed by atoms with van der Waals surface area (Å²) in [6.45, 7) is 3.22. The van der Waals surface area contributed by atoms with E-state index in [1.165, 1.54) is 12.1 Å². The summed E-state index contributed by atoms with van der Waals surface area (Å²) < 4.78 is 13.0. The van der Waals surface area contributed by atoms with Crippen molar-refractivity contribution >= 4 is 17.5 Å². The molecule has 6 heteroatoms. The van der Waals surface area contributed by atoms with E-state index in [0.717, 1.165) is 11.3 Å². The topological polar surface area (TPSA) is 43.9 Å². The second-order valence-corrected chi connectivity index (χ2v) is 6.66. The molecule has 0 aliphatic carbocycles. The first-order chi connectivity index (χ1) is 12.6. The van der Waals surface area contributed by atoms with Crippen molar-refractivity contribution in [2.24, 2.45) is 0 Å². The molecule has 2 aromatic carbocycles. The number of nitrogens with zero attached hydrogens (tertiary/aromatic N) is 3. The lowest BCUT2D eigenvalue weighted by Gasteiger charge is -2.36. The van der Waals surface area contributed by atoms with E-state index in [1.807, 2.05) is 24.3 Å². The Morgan fingerprint density at radius 1 is 0.962 bits per heavy atom. The smallest absolute Gasteiger partial charge is 0.254 e. The van der Waals surface area contributed by atoms with Crippen molar-refractivity contribution in [3.05, 3.63) is 65.5 Å². The van der Waals surface area contributed by atoms with Gasteiger partial charge in [0.15, 0.2) is 0 Å². The van der Waals surface area contributed by atoms with E-state index in [4.69, 9.17) is 0 Å². The molecule has 0 spiro atoms. The summed E-state index contributed by atoms with van der Waals surface area (Å²) >= 11 is 0. The van der Waals surface area contributed by atoms with E-state index in [1.54, 1.807) is 21.9 Å². The molecule has 134 valence electrons. The number of carbonyl (C=O) groups excluding carboxylic acids is 2. The second-order valence-electron chi connectivity index (χ2n) is 6.66. The molecule has 0 unspecified atom stereocenters. The first kappa shape index (κ1) is 16.6. The Balaban J connectivity index is 1.33. The Morgan fingerprint density at radius 2 is 1.65 bits per heavy atom. The van der Waals surface area contributed by atoms with Gasteiger partial charge in [-0.1, -0.05) is 18.2 Å². The standard InChI is InChI=1S/C20H20FN3O2/c21-16-5-7-17(8-6-16)22-9-11-23(12-10-22)19(25)14-24-13-15-3-1-2-4-18(15)20(24)26/h1-8H,9-14H2. The number of hydrogen-bond donors (Lipinski definition) is 0. The van der Waals surface area contributed by atoms with Crippen LogP contribution in [0.4, 0.5) is 10.1 Å². The molecule has 0 bridgehead atoms. The minimum atomic E-state index is -0.251. The van der Waals surface area contributed by atoms with Crippen LogP contribution in [0, 0.1) is 5.82 Å². The molecule has 4 rings (SSSR count). The van der Waals surface area contributed by atoms with Crippen molar-refractivity contribution in [3.8, 4) is 0 Å². The molecule has 0 radical (unpaired) electrons. The highest BCUT2D eigenvalue weighted by atomic mass is 19.1. The van der Waals surface area contributed by atoms with Gasteiger partial charge in [-0.25, -0.2) is 4.39 Å². The zero-order valence-corrected chi connectivity index (χ0v) is 14.4. The van der Waals surface area contributed by atoms with Crippen LogP contribution in [0.3, 0.4) is 0 Å². The molecule has 2 aliphatic heterocycles. The lowest BCUT2D eigenvalue weighted by Crippen LogP contribution is -2.51. The number of benzene rings is 2. The van der Waals surface area contributed by atoms with Gasteiger partial charge in [-0.2, -0.15) is 0 Å². The average molecular weight is 353 g/mol. The molecular formula is C20H20FN3O2. The lowest BCUT2D eigenvalue weighted by molar-refractivity contribution is -0.132. The van der Waals surface area contributed by atoms with Crippen LogP contribution in [0.1, 0.15) is 15.9 Å². The van der Waals surface area contributed by atoms with Crippen LogP contribution in [-0.2, 0) is 11.3 Å². The largest absolute Gasteiger partial charge is 0.368 e. The highest BCUT2D eigenvalue weighted by Gasteiger charge is 2.30. The molecule has 1 saturated heterocycles. The molecule has 26 heavy (non-hydrogen) atoms. The summed E-state index contributed by atoms with van der Waals surface area (Å²) in [5, 5.41) is 0. The van der Waals surface area contributed by atoms with Gasteiger partial charge in [0.2, 0.25) is 5.91 Å². The van der Waals surface area contributed by atoms with E-state index in [2.05, 4.69) is 4.90 Å². The molecule has 0 saturated carbocycles.